The van der Waals surface area contributed by atoms with E-state index < -0.39 is 34.7 Å². The van der Waals surface area contributed by atoms with Crippen molar-refractivity contribution in [3.8, 4) is 11.5 Å². The summed E-state index contributed by atoms with van der Waals surface area (Å²) in [5, 5.41) is 18.9. The van der Waals surface area contributed by atoms with Crippen LogP contribution in [0.4, 0.5) is 0 Å². The molecule has 1 aliphatic carbocycles. The zero-order chi connectivity index (χ0) is 17.5. The van der Waals surface area contributed by atoms with Gasteiger partial charge in [-0.2, -0.15) is 0 Å². The number of aliphatic hydroxyl groups excluding tert-OH is 1. The number of para-hydroxylation sites is 1. The molecular formula is C15H19NO7S. The minimum absolute atomic E-state index is 0.0803. The Balaban J connectivity index is 1.90. The first kappa shape index (κ1) is 17.0. The van der Waals surface area contributed by atoms with Crippen molar-refractivity contribution in [3.63, 3.8) is 0 Å². The number of sulfonamides is 1. The van der Waals surface area contributed by atoms with Crippen LogP contribution in [-0.2, 0) is 14.8 Å². The highest BCUT2D eigenvalue weighted by Crippen LogP contribution is 2.50. The van der Waals surface area contributed by atoms with E-state index in [2.05, 4.69) is 4.72 Å². The van der Waals surface area contributed by atoms with E-state index in [0.717, 1.165) is 0 Å². The third kappa shape index (κ3) is 3.06. The molecule has 0 radical (unpaired) electrons. The molecule has 132 valence electrons. The molecule has 0 aromatic heterocycles. The Bertz CT molecular complexity index is 748. The Labute approximate surface area is 139 Å². The van der Waals surface area contributed by atoms with Crippen LogP contribution in [-0.4, -0.2) is 55.2 Å². The van der Waals surface area contributed by atoms with Crippen LogP contribution in [0.15, 0.2) is 18.2 Å². The van der Waals surface area contributed by atoms with Gasteiger partial charge in [0.25, 0.3) is 0 Å². The van der Waals surface area contributed by atoms with E-state index in [-0.39, 0.29) is 24.2 Å². The highest BCUT2D eigenvalue weighted by molar-refractivity contribution is 7.89. The fourth-order valence-corrected chi connectivity index (χ4v) is 4.17. The fraction of sp³-hybridized carbons (Fsp3) is 0.533. The van der Waals surface area contributed by atoms with Gasteiger partial charge in [0.2, 0.25) is 10.0 Å². The number of rotatable bonds is 6. The first-order chi connectivity index (χ1) is 11.3. The lowest BCUT2D eigenvalue weighted by Gasteiger charge is -2.21. The van der Waals surface area contributed by atoms with Crippen LogP contribution in [0.2, 0.25) is 0 Å². The van der Waals surface area contributed by atoms with Crippen LogP contribution in [0.1, 0.15) is 24.8 Å². The van der Waals surface area contributed by atoms with Crippen molar-refractivity contribution in [1.82, 2.24) is 4.72 Å². The average molecular weight is 357 g/mol. The number of benzene rings is 1. The minimum Gasteiger partial charge on any atom is -0.485 e. The number of nitrogens with one attached hydrogen (secondary N) is 1. The van der Waals surface area contributed by atoms with Gasteiger partial charge in [-0.15, -0.1) is 0 Å². The predicted octanol–water partition coefficient (Wildman–Crippen LogP) is 0.0671. The smallest absolute Gasteiger partial charge is 0.341 e. The van der Waals surface area contributed by atoms with Gasteiger partial charge in [0.05, 0.1) is 17.9 Å². The molecule has 1 saturated carbocycles. The molecular weight excluding hydrogens is 338 g/mol. The van der Waals surface area contributed by atoms with Gasteiger partial charge >= 0.3 is 5.97 Å². The quantitative estimate of drug-likeness (QED) is 0.658. The molecule has 4 unspecified atom stereocenters. The maximum Gasteiger partial charge on any atom is 0.341 e. The summed E-state index contributed by atoms with van der Waals surface area (Å²) in [7, 11) is -3.48. The second-order valence-corrected chi connectivity index (χ2v) is 7.93. The van der Waals surface area contributed by atoms with Crippen molar-refractivity contribution in [3.05, 3.63) is 23.8 Å². The number of aliphatic carboxylic acids is 1. The van der Waals surface area contributed by atoms with Crippen LogP contribution in [0, 0.1) is 0 Å². The van der Waals surface area contributed by atoms with Crippen LogP contribution in [0.25, 0.3) is 0 Å². The van der Waals surface area contributed by atoms with Gasteiger partial charge in [-0.05, 0) is 13.0 Å². The normalized spacial score (nSPS) is 28.1. The van der Waals surface area contributed by atoms with Gasteiger partial charge in [0, 0.05) is 17.9 Å². The highest BCUT2D eigenvalue weighted by atomic mass is 32.2. The zero-order valence-electron chi connectivity index (χ0n) is 13.0. The Kier molecular flexibility index (Phi) is 4.41. The molecule has 1 fully saturated rings. The molecule has 0 bridgehead atoms. The number of hydrogen-bond acceptors (Lipinski definition) is 6. The minimum atomic E-state index is -3.48. The van der Waals surface area contributed by atoms with Crippen molar-refractivity contribution < 1.29 is 32.9 Å². The maximum atomic E-state index is 11.9. The van der Waals surface area contributed by atoms with E-state index in [0.29, 0.717) is 17.1 Å². The molecule has 3 N–H and O–H groups in total. The number of hydrogen-bond donors (Lipinski definition) is 3. The van der Waals surface area contributed by atoms with Crippen molar-refractivity contribution in [1.29, 1.82) is 0 Å². The first-order valence-corrected chi connectivity index (χ1v) is 9.30. The Morgan fingerprint density at radius 2 is 2.21 bits per heavy atom. The molecule has 1 aliphatic heterocycles. The molecule has 24 heavy (non-hydrogen) atoms. The molecule has 9 heteroatoms. The lowest BCUT2D eigenvalue weighted by atomic mass is 9.94. The molecule has 1 aromatic rings. The van der Waals surface area contributed by atoms with Crippen molar-refractivity contribution in [2.45, 2.75) is 37.5 Å². The lowest BCUT2D eigenvalue weighted by molar-refractivity contribution is -0.139. The molecule has 4 atom stereocenters. The number of aliphatic hydroxyl groups is 1. The maximum absolute atomic E-state index is 11.9. The Hall–Kier alpha value is -1.84. The van der Waals surface area contributed by atoms with Gasteiger partial charge in [-0.1, -0.05) is 12.1 Å². The highest BCUT2D eigenvalue weighted by Gasteiger charge is 2.51. The second kappa shape index (κ2) is 6.23. The Morgan fingerprint density at radius 1 is 1.46 bits per heavy atom. The van der Waals surface area contributed by atoms with E-state index >= 15 is 0 Å². The van der Waals surface area contributed by atoms with E-state index in [1.807, 2.05) is 0 Å². The molecule has 0 spiro atoms. The van der Waals surface area contributed by atoms with Crippen molar-refractivity contribution >= 4 is 16.0 Å². The fourth-order valence-electron chi connectivity index (χ4n) is 3.29. The van der Waals surface area contributed by atoms with Crippen molar-refractivity contribution in [2.75, 3.05) is 12.4 Å². The topological polar surface area (TPSA) is 122 Å². The average Bonchev–Trinajstić information content (AvgIpc) is 3.02. The summed E-state index contributed by atoms with van der Waals surface area (Å²) in [5.74, 6) is -0.806. The summed E-state index contributed by atoms with van der Waals surface area (Å²) in [4.78, 5) is 10.7. The number of carbonyl (C=O) groups is 1. The molecule has 0 saturated heterocycles. The van der Waals surface area contributed by atoms with Crippen LogP contribution < -0.4 is 14.2 Å². The molecule has 0 amide bonds. The van der Waals surface area contributed by atoms with Gasteiger partial charge in [0.15, 0.2) is 18.1 Å². The van der Waals surface area contributed by atoms with E-state index in [1.165, 1.54) is 6.92 Å². The summed E-state index contributed by atoms with van der Waals surface area (Å²) in [6, 6.07) is 4.39. The SMILES string of the molecule is CCS(=O)(=O)NC1C(O)CC2Oc3c(OCC(=O)O)cccc3C21. The monoisotopic (exact) mass is 357 g/mol. The summed E-state index contributed by atoms with van der Waals surface area (Å²) in [6.07, 6.45) is -0.943. The second-order valence-electron chi connectivity index (χ2n) is 5.89. The summed E-state index contributed by atoms with van der Waals surface area (Å²) < 4.78 is 37.4. The number of ether oxygens (including phenoxy) is 2. The van der Waals surface area contributed by atoms with E-state index in [9.17, 15) is 18.3 Å². The number of carboxylic acid groups (broad SMARTS) is 1. The number of carboxylic acids is 1. The zero-order valence-corrected chi connectivity index (χ0v) is 13.8. The van der Waals surface area contributed by atoms with E-state index in [1.54, 1.807) is 18.2 Å². The van der Waals surface area contributed by atoms with Crippen LogP contribution in [0.5, 0.6) is 11.5 Å². The lowest BCUT2D eigenvalue weighted by Crippen LogP contribution is -2.43. The van der Waals surface area contributed by atoms with Gasteiger partial charge < -0.3 is 19.7 Å². The van der Waals surface area contributed by atoms with Gasteiger partial charge in [-0.3, -0.25) is 0 Å². The van der Waals surface area contributed by atoms with E-state index in [4.69, 9.17) is 14.6 Å². The van der Waals surface area contributed by atoms with Crippen LogP contribution in [0.3, 0.4) is 0 Å². The van der Waals surface area contributed by atoms with Gasteiger partial charge in [0.1, 0.15) is 6.10 Å². The van der Waals surface area contributed by atoms with Crippen molar-refractivity contribution in [2.24, 2.45) is 0 Å². The standard InChI is InChI=1S/C15H19NO7S/c1-2-24(20,21)16-14-9(17)6-11-13(14)8-4-3-5-10(15(8)23-11)22-7-12(18)19/h3-5,9,11,13-14,16-17H,2,6-7H2,1H3,(H,18,19). The third-order valence-corrected chi connectivity index (χ3v) is 5.75. The first-order valence-electron chi connectivity index (χ1n) is 7.64. The number of fused-ring (bicyclic) bond motifs is 3. The summed E-state index contributed by atoms with van der Waals surface area (Å²) >= 11 is 0. The predicted molar refractivity (Wildman–Crippen MR) is 83.7 cm³/mol. The Morgan fingerprint density at radius 3 is 2.88 bits per heavy atom. The molecule has 3 rings (SSSR count). The molecule has 1 heterocycles. The molecule has 2 aliphatic rings. The summed E-state index contributed by atoms with van der Waals surface area (Å²) in [6.45, 7) is 1.03. The molecule has 8 nitrogen and oxygen atoms in total. The van der Waals surface area contributed by atoms with Crippen LogP contribution >= 0.6 is 0 Å². The largest absolute Gasteiger partial charge is 0.485 e. The van der Waals surface area contributed by atoms with Gasteiger partial charge in [-0.25, -0.2) is 17.9 Å². The third-order valence-electron chi connectivity index (χ3n) is 4.36. The summed E-state index contributed by atoms with van der Waals surface area (Å²) in [5.41, 5.74) is 0.711. The molecule has 1 aromatic carbocycles.